The average molecular weight is 145 g/mol. The van der Waals surface area contributed by atoms with Crippen molar-refractivity contribution in [2.75, 3.05) is 0 Å². The first-order valence-corrected chi connectivity index (χ1v) is 3.59. The zero-order valence-electron chi connectivity index (χ0n) is 6.63. The summed E-state index contributed by atoms with van der Waals surface area (Å²) in [5.41, 5.74) is 2.09. The zero-order chi connectivity index (χ0) is 7.84. The molecule has 2 aromatic rings. The molecule has 0 spiro atoms. The van der Waals surface area contributed by atoms with E-state index in [0.717, 1.165) is 16.9 Å². The number of hydrogen-bond donors (Lipinski definition) is 0. The molecule has 1 heterocycles. The molecule has 0 fully saturated rings. The van der Waals surface area contributed by atoms with E-state index in [1.165, 1.54) is 0 Å². The molecule has 11 heavy (non-hydrogen) atoms. The lowest BCUT2D eigenvalue weighted by Gasteiger charge is -1.93. The third kappa shape index (κ3) is 0.827. The summed E-state index contributed by atoms with van der Waals surface area (Å²) in [4.78, 5) is 4.34. The molecule has 1 aromatic heterocycles. The highest BCUT2D eigenvalue weighted by atomic mass is 15.0. The highest BCUT2D eigenvalue weighted by Crippen LogP contribution is 2.11. The Morgan fingerprint density at radius 3 is 3.09 bits per heavy atom. The van der Waals surface area contributed by atoms with Crippen molar-refractivity contribution in [3.05, 3.63) is 30.1 Å². The number of rotatable bonds is 0. The number of imidazole rings is 1. The van der Waals surface area contributed by atoms with Gasteiger partial charge in [0.25, 0.3) is 0 Å². The van der Waals surface area contributed by atoms with Crippen molar-refractivity contribution in [1.82, 2.24) is 9.55 Å². The summed E-state index contributed by atoms with van der Waals surface area (Å²) < 4.78 is 2.04. The number of para-hydroxylation sites is 1. The molecule has 0 saturated carbocycles. The van der Waals surface area contributed by atoms with Crippen LogP contribution < -0.4 is 0 Å². The van der Waals surface area contributed by atoms with Gasteiger partial charge in [-0.2, -0.15) is 0 Å². The molecule has 0 N–H and O–H groups in total. The molecule has 0 saturated heterocycles. The smallest absolute Gasteiger partial charge is 0.106 e. The average Bonchev–Trinajstić information content (AvgIpc) is 2.30. The fourth-order valence-electron chi connectivity index (χ4n) is 1.19. The van der Waals surface area contributed by atoms with Crippen molar-refractivity contribution in [3.8, 4) is 0 Å². The van der Waals surface area contributed by atoms with E-state index in [2.05, 4.69) is 11.1 Å². The summed E-state index contributed by atoms with van der Waals surface area (Å²) in [7, 11) is 2.00. The molecule has 2 heteroatoms. The number of benzene rings is 1. The van der Waals surface area contributed by atoms with Crippen LogP contribution in [0, 0.1) is 13.0 Å². The van der Waals surface area contributed by atoms with Gasteiger partial charge in [-0.15, -0.1) is 0 Å². The van der Waals surface area contributed by atoms with Crippen LogP contribution in [-0.4, -0.2) is 9.55 Å². The third-order valence-electron chi connectivity index (χ3n) is 1.92. The van der Waals surface area contributed by atoms with Crippen LogP contribution >= 0.6 is 0 Å². The molecule has 2 nitrogen and oxygen atoms in total. The van der Waals surface area contributed by atoms with Gasteiger partial charge in [0.05, 0.1) is 11.0 Å². The van der Waals surface area contributed by atoms with Gasteiger partial charge in [-0.1, -0.05) is 12.1 Å². The van der Waals surface area contributed by atoms with Crippen LogP contribution in [-0.2, 0) is 7.05 Å². The first kappa shape index (κ1) is 6.40. The van der Waals surface area contributed by atoms with E-state index in [-0.39, 0.29) is 0 Å². The van der Waals surface area contributed by atoms with Gasteiger partial charge in [0.2, 0.25) is 0 Å². The largest absolute Gasteiger partial charge is 0.331 e. The van der Waals surface area contributed by atoms with E-state index < -0.39 is 0 Å². The van der Waals surface area contributed by atoms with Gasteiger partial charge < -0.3 is 4.57 Å². The molecular weight excluding hydrogens is 136 g/mol. The Bertz CT molecular complexity index is 387. The van der Waals surface area contributed by atoms with E-state index in [9.17, 15) is 0 Å². The lowest BCUT2D eigenvalue weighted by Crippen LogP contribution is -1.89. The minimum Gasteiger partial charge on any atom is -0.331 e. The second-order valence-electron chi connectivity index (χ2n) is 2.62. The lowest BCUT2D eigenvalue weighted by atomic mass is 10.3. The highest BCUT2D eigenvalue weighted by molar-refractivity contribution is 5.74. The monoisotopic (exact) mass is 145 g/mol. The van der Waals surface area contributed by atoms with Gasteiger partial charge in [0.1, 0.15) is 5.82 Å². The van der Waals surface area contributed by atoms with Crippen LogP contribution in [0.25, 0.3) is 11.0 Å². The Hall–Kier alpha value is -1.31. The Balaban J connectivity index is 2.92. The van der Waals surface area contributed by atoms with Crippen LogP contribution in [0.3, 0.4) is 0 Å². The van der Waals surface area contributed by atoms with Gasteiger partial charge in [-0.25, -0.2) is 4.98 Å². The van der Waals surface area contributed by atoms with Crippen molar-refractivity contribution in [2.45, 2.75) is 6.92 Å². The van der Waals surface area contributed by atoms with E-state index in [1.54, 1.807) is 0 Å². The topological polar surface area (TPSA) is 17.8 Å². The molecule has 2 rings (SSSR count). The van der Waals surface area contributed by atoms with E-state index >= 15 is 0 Å². The van der Waals surface area contributed by atoms with E-state index in [4.69, 9.17) is 0 Å². The van der Waals surface area contributed by atoms with Crippen LogP contribution in [0.2, 0.25) is 0 Å². The molecule has 0 unspecified atom stereocenters. The molecule has 0 bridgehead atoms. The second-order valence-corrected chi connectivity index (χ2v) is 2.62. The highest BCUT2D eigenvalue weighted by Gasteiger charge is 2.00. The maximum atomic E-state index is 4.34. The first-order chi connectivity index (χ1) is 5.29. The van der Waals surface area contributed by atoms with Crippen LogP contribution in [0.15, 0.2) is 18.2 Å². The first-order valence-electron chi connectivity index (χ1n) is 3.59. The Morgan fingerprint density at radius 1 is 1.55 bits per heavy atom. The number of aryl methyl sites for hydroxylation is 2. The Labute approximate surface area is 65.5 Å². The maximum Gasteiger partial charge on any atom is 0.106 e. The van der Waals surface area contributed by atoms with Gasteiger partial charge in [0.15, 0.2) is 0 Å². The third-order valence-corrected chi connectivity index (χ3v) is 1.92. The molecule has 55 valence electrons. The predicted octanol–water partition coefficient (Wildman–Crippen LogP) is 1.68. The SMILES string of the molecule is Cc1nc2ccc[c]c2n1C. The van der Waals surface area contributed by atoms with Gasteiger partial charge >= 0.3 is 0 Å². The maximum absolute atomic E-state index is 4.34. The summed E-state index contributed by atoms with van der Waals surface area (Å²) in [6.07, 6.45) is 0. The van der Waals surface area contributed by atoms with Crippen LogP contribution in [0.5, 0.6) is 0 Å². The van der Waals surface area contributed by atoms with Crippen LogP contribution in [0.4, 0.5) is 0 Å². The van der Waals surface area contributed by atoms with Crippen molar-refractivity contribution in [1.29, 1.82) is 0 Å². The Morgan fingerprint density at radius 2 is 2.36 bits per heavy atom. The zero-order valence-corrected chi connectivity index (χ0v) is 6.63. The molecule has 0 aliphatic heterocycles. The van der Waals surface area contributed by atoms with Gasteiger partial charge in [-0.3, -0.25) is 0 Å². The number of aromatic nitrogens is 2. The van der Waals surface area contributed by atoms with Crippen molar-refractivity contribution < 1.29 is 0 Å². The summed E-state index contributed by atoms with van der Waals surface area (Å²) in [6.45, 7) is 1.99. The van der Waals surface area contributed by atoms with E-state index in [1.807, 2.05) is 36.7 Å². The molecule has 0 aliphatic rings. The summed E-state index contributed by atoms with van der Waals surface area (Å²) in [5.74, 6) is 1.03. The van der Waals surface area contributed by atoms with Gasteiger partial charge in [-0.05, 0) is 13.0 Å². The Kier molecular flexibility index (Phi) is 1.22. The standard InChI is InChI=1S/C9H9N2/c1-7-10-8-5-3-4-6-9(8)11(7)2/h3-5H,1-2H3. The molecular formula is C9H9N2. The number of fused-ring (bicyclic) bond motifs is 1. The molecule has 1 radical (unpaired) electrons. The normalized spacial score (nSPS) is 10.7. The van der Waals surface area contributed by atoms with Crippen LogP contribution in [0.1, 0.15) is 5.82 Å². The minimum atomic E-state index is 1.02. The van der Waals surface area contributed by atoms with E-state index in [0.29, 0.717) is 0 Å². The second kappa shape index (κ2) is 2.09. The molecule has 0 aliphatic carbocycles. The fourth-order valence-corrected chi connectivity index (χ4v) is 1.19. The summed E-state index contributed by atoms with van der Waals surface area (Å²) >= 11 is 0. The van der Waals surface area contributed by atoms with Crippen molar-refractivity contribution in [3.63, 3.8) is 0 Å². The fraction of sp³-hybridized carbons (Fsp3) is 0.222. The molecule has 0 atom stereocenters. The lowest BCUT2D eigenvalue weighted by molar-refractivity contribution is 0.885. The van der Waals surface area contributed by atoms with Crippen molar-refractivity contribution >= 4 is 11.0 Å². The van der Waals surface area contributed by atoms with Gasteiger partial charge in [0, 0.05) is 13.1 Å². The number of hydrogen-bond acceptors (Lipinski definition) is 1. The molecule has 0 amide bonds. The van der Waals surface area contributed by atoms with Crippen molar-refractivity contribution in [2.24, 2.45) is 7.05 Å². The summed E-state index contributed by atoms with van der Waals surface area (Å²) in [6, 6.07) is 9.00. The quantitative estimate of drug-likeness (QED) is 0.551. The minimum absolute atomic E-state index is 1.02. The molecule has 1 aromatic carbocycles. The number of nitrogens with zero attached hydrogens (tertiary/aromatic N) is 2. The summed E-state index contributed by atoms with van der Waals surface area (Å²) in [5, 5.41) is 0. The predicted molar refractivity (Wildman–Crippen MR) is 44.3 cm³/mol.